The van der Waals surface area contributed by atoms with Gasteiger partial charge in [-0.2, -0.15) is 0 Å². The van der Waals surface area contributed by atoms with Gasteiger partial charge in [0.15, 0.2) is 0 Å². The highest BCUT2D eigenvalue weighted by atomic mass is 35.5. The van der Waals surface area contributed by atoms with E-state index in [1.54, 1.807) is 6.07 Å². The van der Waals surface area contributed by atoms with Crippen LogP contribution >= 0.6 is 23.2 Å². The molecule has 0 N–H and O–H groups in total. The van der Waals surface area contributed by atoms with Crippen molar-refractivity contribution in [1.82, 2.24) is 0 Å². The Morgan fingerprint density at radius 3 is 2.65 bits per heavy atom. The smallest absolute Gasteiger partial charge is 0.271 e. The molecule has 0 spiro atoms. The quantitative estimate of drug-likeness (QED) is 0.606. The number of amides is 1. The second kappa shape index (κ2) is 6.06. The Hall–Kier alpha value is -2.31. The highest BCUT2D eigenvalue weighted by Crippen LogP contribution is 2.36. The Morgan fingerprint density at radius 2 is 1.96 bits per heavy atom. The van der Waals surface area contributed by atoms with Crippen LogP contribution in [0, 0.1) is 10.1 Å². The zero-order valence-electron chi connectivity index (χ0n) is 11.7. The first kappa shape index (κ1) is 15.6. The molecule has 1 heterocycles. The van der Waals surface area contributed by atoms with Gasteiger partial charge in [-0.05, 0) is 24.3 Å². The largest absolute Gasteiger partial charge is 0.490 e. The highest BCUT2D eigenvalue weighted by molar-refractivity contribution is 6.42. The molecule has 0 aliphatic carbocycles. The molecule has 0 bridgehead atoms. The standard InChI is InChI=1S/C15H10Cl2N2O4/c16-11-3-1-9(7-12(11)17)15(20)18-5-6-23-14-4-2-10(19(21)22)8-13(14)18/h1-4,7-8H,5-6H2. The zero-order valence-corrected chi connectivity index (χ0v) is 13.2. The minimum atomic E-state index is -0.517. The summed E-state index contributed by atoms with van der Waals surface area (Å²) in [5.41, 5.74) is 0.599. The molecule has 2 aromatic rings. The van der Waals surface area contributed by atoms with Crippen LogP contribution in [0.3, 0.4) is 0 Å². The first-order valence-corrected chi connectivity index (χ1v) is 7.41. The van der Waals surface area contributed by atoms with E-state index in [9.17, 15) is 14.9 Å². The fourth-order valence-corrected chi connectivity index (χ4v) is 2.61. The van der Waals surface area contributed by atoms with Crippen molar-refractivity contribution in [3.8, 4) is 5.75 Å². The molecule has 8 heteroatoms. The zero-order chi connectivity index (χ0) is 16.6. The van der Waals surface area contributed by atoms with E-state index in [0.717, 1.165) is 0 Å². The second-order valence-corrected chi connectivity index (χ2v) is 5.66. The number of non-ortho nitro benzene ring substituents is 1. The number of hydrogen-bond donors (Lipinski definition) is 0. The lowest BCUT2D eigenvalue weighted by atomic mass is 10.1. The summed E-state index contributed by atoms with van der Waals surface area (Å²) in [6, 6.07) is 8.71. The van der Waals surface area contributed by atoms with Gasteiger partial charge in [0.25, 0.3) is 11.6 Å². The van der Waals surface area contributed by atoms with E-state index < -0.39 is 4.92 Å². The molecule has 0 saturated carbocycles. The number of benzene rings is 2. The summed E-state index contributed by atoms with van der Waals surface area (Å²) in [5, 5.41) is 11.6. The fraction of sp³-hybridized carbons (Fsp3) is 0.133. The van der Waals surface area contributed by atoms with Gasteiger partial charge < -0.3 is 9.64 Å². The van der Waals surface area contributed by atoms with Gasteiger partial charge >= 0.3 is 0 Å². The molecule has 23 heavy (non-hydrogen) atoms. The predicted octanol–water partition coefficient (Wildman–Crippen LogP) is 3.94. The van der Waals surface area contributed by atoms with Crippen molar-refractivity contribution < 1.29 is 14.5 Å². The molecule has 1 aliphatic rings. The maximum Gasteiger partial charge on any atom is 0.271 e. The van der Waals surface area contributed by atoms with Crippen LogP contribution in [0.25, 0.3) is 0 Å². The van der Waals surface area contributed by atoms with Crippen LogP contribution in [-0.4, -0.2) is 24.0 Å². The number of nitro groups is 1. The number of carbonyl (C=O) groups excluding carboxylic acids is 1. The topological polar surface area (TPSA) is 72.7 Å². The number of nitro benzene ring substituents is 1. The van der Waals surface area contributed by atoms with Gasteiger partial charge in [-0.3, -0.25) is 14.9 Å². The second-order valence-electron chi connectivity index (χ2n) is 4.84. The Balaban J connectivity index is 2.01. The Labute approximate surface area is 141 Å². The van der Waals surface area contributed by atoms with Crippen molar-refractivity contribution in [2.75, 3.05) is 18.1 Å². The summed E-state index contributed by atoms with van der Waals surface area (Å²) in [6.07, 6.45) is 0. The number of halogens is 2. The van der Waals surface area contributed by atoms with Crippen molar-refractivity contribution in [3.63, 3.8) is 0 Å². The normalized spacial score (nSPS) is 13.2. The Kier molecular flexibility index (Phi) is 4.11. The number of ether oxygens (including phenoxy) is 1. The van der Waals surface area contributed by atoms with Gasteiger partial charge in [-0.15, -0.1) is 0 Å². The van der Waals surface area contributed by atoms with Gasteiger partial charge in [0.2, 0.25) is 0 Å². The monoisotopic (exact) mass is 352 g/mol. The minimum Gasteiger partial charge on any atom is -0.490 e. The van der Waals surface area contributed by atoms with Crippen LogP contribution in [-0.2, 0) is 0 Å². The van der Waals surface area contributed by atoms with E-state index in [1.165, 1.54) is 35.2 Å². The van der Waals surface area contributed by atoms with Crippen LogP contribution in [0.1, 0.15) is 10.4 Å². The maximum absolute atomic E-state index is 12.7. The summed E-state index contributed by atoms with van der Waals surface area (Å²) in [6.45, 7) is 0.588. The lowest BCUT2D eigenvalue weighted by Crippen LogP contribution is -2.38. The maximum atomic E-state index is 12.7. The molecule has 1 amide bonds. The van der Waals surface area contributed by atoms with E-state index in [1.807, 2.05) is 0 Å². The first-order chi connectivity index (χ1) is 11.0. The third kappa shape index (κ3) is 2.95. The number of nitrogens with zero attached hydrogens (tertiary/aromatic N) is 2. The molecular weight excluding hydrogens is 343 g/mol. The number of fused-ring (bicyclic) bond motifs is 1. The summed E-state index contributed by atoms with van der Waals surface area (Å²) >= 11 is 11.8. The molecule has 1 aliphatic heterocycles. The molecule has 118 valence electrons. The average molecular weight is 353 g/mol. The van der Waals surface area contributed by atoms with Crippen LogP contribution in [0.4, 0.5) is 11.4 Å². The SMILES string of the molecule is O=C(c1ccc(Cl)c(Cl)c1)N1CCOc2ccc([N+](=O)[O-])cc21. The van der Waals surface area contributed by atoms with Gasteiger partial charge in [0.1, 0.15) is 12.4 Å². The summed E-state index contributed by atoms with van der Waals surface area (Å²) in [5.74, 6) is 0.101. The number of rotatable bonds is 2. The number of anilines is 1. The first-order valence-electron chi connectivity index (χ1n) is 6.65. The van der Waals surface area contributed by atoms with Gasteiger partial charge in [0.05, 0.1) is 27.2 Å². The van der Waals surface area contributed by atoms with Crippen molar-refractivity contribution in [1.29, 1.82) is 0 Å². The molecule has 0 unspecified atom stereocenters. The third-order valence-electron chi connectivity index (χ3n) is 3.43. The Bertz CT molecular complexity index is 810. The van der Waals surface area contributed by atoms with Crippen molar-refractivity contribution in [2.45, 2.75) is 0 Å². The molecule has 2 aromatic carbocycles. The van der Waals surface area contributed by atoms with Crippen molar-refractivity contribution >= 4 is 40.5 Å². The highest BCUT2D eigenvalue weighted by Gasteiger charge is 2.27. The van der Waals surface area contributed by atoms with Crippen LogP contribution in [0.2, 0.25) is 10.0 Å². The summed E-state index contributed by atoms with van der Waals surface area (Å²) in [7, 11) is 0. The Morgan fingerprint density at radius 1 is 1.17 bits per heavy atom. The predicted molar refractivity (Wildman–Crippen MR) is 86.7 cm³/mol. The molecule has 0 aromatic heterocycles. The van der Waals surface area contributed by atoms with Crippen LogP contribution in [0.15, 0.2) is 36.4 Å². The average Bonchev–Trinajstić information content (AvgIpc) is 2.55. The molecule has 0 saturated heterocycles. The van der Waals surface area contributed by atoms with E-state index in [0.29, 0.717) is 28.6 Å². The molecule has 0 atom stereocenters. The van der Waals surface area contributed by atoms with Crippen molar-refractivity contribution in [3.05, 3.63) is 62.1 Å². The van der Waals surface area contributed by atoms with Gasteiger partial charge in [-0.1, -0.05) is 23.2 Å². The minimum absolute atomic E-state index is 0.110. The van der Waals surface area contributed by atoms with E-state index in [4.69, 9.17) is 27.9 Å². The van der Waals surface area contributed by atoms with Gasteiger partial charge in [0, 0.05) is 17.7 Å². The lowest BCUT2D eigenvalue weighted by molar-refractivity contribution is -0.384. The van der Waals surface area contributed by atoms with Crippen LogP contribution in [0.5, 0.6) is 5.75 Å². The van der Waals surface area contributed by atoms with E-state index in [-0.39, 0.29) is 23.2 Å². The van der Waals surface area contributed by atoms with Crippen LogP contribution < -0.4 is 9.64 Å². The summed E-state index contributed by atoms with van der Waals surface area (Å²) in [4.78, 5) is 24.6. The van der Waals surface area contributed by atoms with E-state index in [2.05, 4.69) is 0 Å². The molecule has 3 rings (SSSR count). The van der Waals surface area contributed by atoms with E-state index >= 15 is 0 Å². The van der Waals surface area contributed by atoms with Crippen molar-refractivity contribution in [2.24, 2.45) is 0 Å². The molecule has 6 nitrogen and oxygen atoms in total. The molecular formula is C15H10Cl2N2O4. The summed E-state index contributed by atoms with van der Waals surface area (Å²) < 4.78 is 5.45. The fourth-order valence-electron chi connectivity index (χ4n) is 2.32. The number of hydrogen-bond acceptors (Lipinski definition) is 4. The molecule has 0 radical (unpaired) electrons. The molecule has 0 fully saturated rings. The number of carbonyl (C=O) groups is 1. The third-order valence-corrected chi connectivity index (χ3v) is 4.17. The van der Waals surface area contributed by atoms with Gasteiger partial charge in [-0.25, -0.2) is 0 Å². The lowest BCUT2D eigenvalue weighted by Gasteiger charge is -2.29.